The van der Waals surface area contributed by atoms with Crippen LogP contribution in [0.4, 0.5) is 0 Å². The van der Waals surface area contributed by atoms with Crippen LogP contribution in [0.5, 0.6) is 0 Å². The van der Waals surface area contributed by atoms with Gasteiger partial charge in [-0.15, -0.1) is 11.3 Å². The van der Waals surface area contributed by atoms with E-state index < -0.39 is 0 Å². The van der Waals surface area contributed by atoms with E-state index in [0.29, 0.717) is 24.0 Å². The molecule has 0 radical (unpaired) electrons. The normalized spacial score (nSPS) is 18.7. The third-order valence-electron chi connectivity index (χ3n) is 3.91. The van der Waals surface area contributed by atoms with E-state index in [0.717, 1.165) is 29.1 Å². The van der Waals surface area contributed by atoms with Gasteiger partial charge in [0.25, 0.3) is 0 Å². The van der Waals surface area contributed by atoms with Gasteiger partial charge in [0.15, 0.2) is 0 Å². The zero-order valence-electron chi connectivity index (χ0n) is 11.4. The van der Waals surface area contributed by atoms with Crippen LogP contribution in [-0.2, 0) is 0 Å². The van der Waals surface area contributed by atoms with Crippen molar-refractivity contribution in [3.8, 4) is 11.3 Å². The molecule has 1 aliphatic heterocycles. The van der Waals surface area contributed by atoms with E-state index in [2.05, 4.69) is 4.98 Å². The fourth-order valence-corrected chi connectivity index (χ4v) is 3.55. The molecule has 0 saturated heterocycles. The van der Waals surface area contributed by atoms with E-state index in [1.165, 1.54) is 11.3 Å². The average molecular weight is 297 g/mol. The number of thiazole rings is 1. The Balaban J connectivity index is 1.66. The molecule has 4 rings (SSSR count). The first-order valence-electron chi connectivity index (χ1n) is 7.03. The van der Waals surface area contributed by atoms with Gasteiger partial charge in [-0.2, -0.15) is 0 Å². The van der Waals surface area contributed by atoms with E-state index in [1.807, 2.05) is 40.6 Å². The van der Waals surface area contributed by atoms with Crippen molar-refractivity contribution in [2.24, 2.45) is 0 Å². The molecule has 1 fully saturated rings. The molecule has 4 nitrogen and oxygen atoms in total. The van der Waals surface area contributed by atoms with Crippen LogP contribution < -0.4 is 0 Å². The monoisotopic (exact) mass is 297 g/mol. The lowest BCUT2D eigenvalue weighted by molar-refractivity contribution is 0.345. The van der Waals surface area contributed by atoms with Crippen LogP contribution in [0, 0.1) is 5.41 Å². The van der Waals surface area contributed by atoms with Gasteiger partial charge in [0.05, 0.1) is 17.8 Å². The second-order valence-corrected chi connectivity index (χ2v) is 6.29. The van der Waals surface area contributed by atoms with Gasteiger partial charge in [-0.05, 0) is 12.8 Å². The van der Waals surface area contributed by atoms with Gasteiger partial charge in [-0.1, -0.05) is 30.3 Å². The van der Waals surface area contributed by atoms with Crippen LogP contribution >= 0.6 is 11.3 Å². The van der Waals surface area contributed by atoms with Crippen LogP contribution in [0.15, 0.2) is 41.5 Å². The molecule has 2 aliphatic rings. The second-order valence-electron chi connectivity index (χ2n) is 5.43. The number of amidine groups is 1. The first kappa shape index (κ1) is 12.6. The van der Waals surface area contributed by atoms with Crippen molar-refractivity contribution >= 4 is 22.7 Å². The molecule has 2 heterocycles. The fraction of sp³-hybridized carbons (Fsp3) is 0.250. The van der Waals surface area contributed by atoms with E-state index >= 15 is 0 Å². The van der Waals surface area contributed by atoms with Crippen molar-refractivity contribution in [2.75, 3.05) is 6.54 Å². The molecule has 5 heteroatoms. The number of rotatable bonds is 3. The number of aliphatic hydroxyl groups is 1. The maximum Gasteiger partial charge on any atom is 0.135 e. The number of aliphatic hydroxyl groups excluding tert-OH is 1. The minimum atomic E-state index is 0.279. The smallest absolute Gasteiger partial charge is 0.135 e. The van der Waals surface area contributed by atoms with E-state index in [1.54, 1.807) is 0 Å². The maximum absolute atomic E-state index is 10.2. The molecule has 1 aromatic carbocycles. The van der Waals surface area contributed by atoms with Gasteiger partial charge < -0.3 is 10.0 Å². The summed E-state index contributed by atoms with van der Waals surface area (Å²) in [6, 6.07) is 10.4. The Labute approximate surface area is 126 Å². The van der Waals surface area contributed by atoms with E-state index in [-0.39, 0.29) is 5.76 Å². The van der Waals surface area contributed by atoms with Gasteiger partial charge in [0.2, 0.25) is 0 Å². The molecule has 0 amide bonds. The van der Waals surface area contributed by atoms with Crippen LogP contribution in [0.25, 0.3) is 16.8 Å². The summed E-state index contributed by atoms with van der Waals surface area (Å²) in [4.78, 5) is 6.59. The van der Waals surface area contributed by atoms with Gasteiger partial charge >= 0.3 is 0 Å². The zero-order valence-corrected chi connectivity index (χ0v) is 12.2. The van der Waals surface area contributed by atoms with Crippen molar-refractivity contribution in [2.45, 2.75) is 18.9 Å². The number of aromatic nitrogens is 1. The fourth-order valence-electron chi connectivity index (χ4n) is 2.65. The third kappa shape index (κ3) is 2.14. The number of nitrogens with one attached hydrogen (secondary N) is 1. The Kier molecular flexibility index (Phi) is 2.82. The molecule has 2 N–H and O–H groups in total. The van der Waals surface area contributed by atoms with Crippen LogP contribution in [0.2, 0.25) is 0 Å². The lowest BCUT2D eigenvalue weighted by atomic mass is 10.2. The third-order valence-corrected chi connectivity index (χ3v) is 4.77. The minimum absolute atomic E-state index is 0.279. The molecule has 1 saturated carbocycles. The van der Waals surface area contributed by atoms with Gasteiger partial charge in [-0.3, -0.25) is 5.41 Å². The van der Waals surface area contributed by atoms with Crippen LogP contribution in [0.1, 0.15) is 17.8 Å². The first-order valence-corrected chi connectivity index (χ1v) is 7.91. The molecular weight excluding hydrogens is 282 g/mol. The molecule has 106 valence electrons. The standard InChI is InChI=1S/C16H15N3OS/c17-15-14(13(20)8-19(15)11-6-7-11)16-18-12(9-21-16)10-4-2-1-3-5-10/h1-5,9,11,17,20H,6-8H2. The molecule has 0 atom stereocenters. The lowest BCUT2D eigenvalue weighted by Gasteiger charge is -2.16. The van der Waals surface area contributed by atoms with Crippen LogP contribution in [0.3, 0.4) is 0 Å². The highest BCUT2D eigenvalue weighted by Crippen LogP contribution is 2.37. The lowest BCUT2D eigenvalue weighted by Crippen LogP contribution is -2.28. The summed E-state index contributed by atoms with van der Waals surface area (Å²) in [6.07, 6.45) is 2.24. The summed E-state index contributed by atoms with van der Waals surface area (Å²) in [6.45, 7) is 0.457. The highest BCUT2D eigenvalue weighted by Gasteiger charge is 2.39. The van der Waals surface area contributed by atoms with Gasteiger partial charge in [0.1, 0.15) is 16.6 Å². The molecule has 1 aromatic heterocycles. The maximum atomic E-state index is 10.2. The largest absolute Gasteiger partial charge is 0.510 e. The topological polar surface area (TPSA) is 60.2 Å². The number of hydrogen-bond donors (Lipinski definition) is 2. The number of benzene rings is 1. The predicted octanol–water partition coefficient (Wildman–Crippen LogP) is 3.53. The SMILES string of the molecule is N=C1C(c2nc(-c3ccccc3)cs2)=C(O)CN1C1CC1. The summed E-state index contributed by atoms with van der Waals surface area (Å²) < 4.78 is 0. The van der Waals surface area contributed by atoms with Crippen molar-refractivity contribution in [1.29, 1.82) is 5.41 Å². The van der Waals surface area contributed by atoms with Crippen molar-refractivity contribution in [1.82, 2.24) is 9.88 Å². The predicted molar refractivity (Wildman–Crippen MR) is 84.6 cm³/mol. The minimum Gasteiger partial charge on any atom is -0.510 e. The van der Waals surface area contributed by atoms with Gasteiger partial charge in [-0.25, -0.2) is 4.98 Å². The summed E-state index contributed by atoms with van der Waals surface area (Å²) in [5, 5.41) is 21.2. The van der Waals surface area contributed by atoms with Crippen molar-refractivity contribution < 1.29 is 5.11 Å². The molecule has 21 heavy (non-hydrogen) atoms. The quantitative estimate of drug-likeness (QED) is 0.911. The Bertz CT molecular complexity index is 731. The highest BCUT2D eigenvalue weighted by atomic mass is 32.1. The Morgan fingerprint density at radius 1 is 1.24 bits per heavy atom. The summed E-state index contributed by atoms with van der Waals surface area (Å²) in [7, 11) is 0. The first-order chi connectivity index (χ1) is 10.2. The Morgan fingerprint density at radius 3 is 2.71 bits per heavy atom. The second kappa shape index (κ2) is 4.70. The van der Waals surface area contributed by atoms with Crippen molar-refractivity contribution in [3.63, 3.8) is 0 Å². The molecular formula is C16H15N3OS. The van der Waals surface area contributed by atoms with E-state index in [4.69, 9.17) is 5.41 Å². The summed E-state index contributed by atoms with van der Waals surface area (Å²) in [5.41, 5.74) is 2.56. The zero-order chi connectivity index (χ0) is 14.4. The molecule has 0 bridgehead atoms. The van der Waals surface area contributed by atoms with E-state index in [9.17, 15) is 5.11 Å². The molecule has 0 spiro atoms. The molecule has 0 unspecified atom stereocenters. The van der Waals surface area contributed by atoms with Gasteiger partial charge in [0, 0.05) is 17.0 Å². The highest BCUT2D eigenvalue weighted by molar-refractivity contribution is 7.11. The number of hydrogen-bond acceptors (Lipinski definition) is 4. The summed E-state index contributed by atoms with van der Waals surface area (Å²) >= 11 is 1.49. The van der Waals surface area contributed by atoms with Crippen molar-refractivity contribution in [3.05, 3.63) is 46.5 Å². The van der Waals surface area contributed by atoms with Crippen LogP contribution in [-0.4, -0.2) is 33.4 Å². The molecule has 1 aliphatic carbocycles. The average Bonchev–Trinajstić information content (AvgIpc) is 3.15. The summed E-state index contributed by atoms with van der Waals surface area (Å²) in [5.74, 6) is 0.699. The number of nitrogens with zero attached hydrogens (tertiary/aromatic N) is 2. The Morgan fingerprint density at radius 2 is 2.00 bits per heavy atom. The molecule has 2 aromatic rings. The Hall–Kier alpha value is -2.14.